The molecule has 2 fully saturated rings. The molecular weight excluding hydrogens is 424 g/mol. The number of fused-ring (bicyclic) bond motifs is 1. The molecule has 34 heavy (non-hydrogen) atoms. The van der Waals surface area contributed by atoms with Crippen molar-refractivity contribution in [1.82, 2.24) is 19.5 Å². The molecule has 0 saturated heterocycles. The van der Waals surface area contributed by atoms with E-state index in [1.807, 2.05) is 6.33 Å². The van der Waals surface area contributed by atoms with Gasteiger partial charge in [-0.3, -0.25) is 0 Å². The summed E-state index contributed by atoms with van der Waals surface area (Å²) < 4.78 is 2.27. The molecule has 0 atom stereocenters. The maximum Gasteiger partial charge on any atom is 0.132 e. The summed E-state index contributed by atoms with van der Waals surface area (Å²) in [6.45, 7) is 0. The topological polar surface area (TPSA) is 99.7 Å². The molecule has 6 rings (SSSR count). The van der Waals surface area contributed by atoms with Crippen molar-refractivity contribution in [2.45, 2.75) is 56.6 Å². The molecule has 0 spiro atoms. The molecule has 2 aliphatic carbocycles. The van der Waals surface area contributed by atoms with Crippen molar-refractivity contribution < 1.29 is 5.11 Å². The number of nitrogens with zero attached hydrogens (tertiary/aromatic N) is 5. The number of anilines is 2. The van der Waals surface area contributed by atoms with Crippen LogP contribution in [0, 0.1) is 11.3 Å². The van der Waals surface area contributed by atoms with Crippen LogP contribution < -0.4 is 5.32 Å². The van der Waals surface area contributed by atoms with Gasteiger partial charge in [0.1, 0.15) is 11.6 Å². The number of hydrogen-bond donors (Lipinski definition) is 2. The Kier molecular flexibility index (Phi) is 5.23. The first-order chi connectivity index (χ1) is 16.7. The van der Waals surface area contributed by atoms with Gasteiger partial charge in [-0.1, -0.05) is 6.07 Å². The van der Waals surface area contributed by atoms with Crippen LogP contribution in [0.5, 0.6) is 0 Å². The summed E-state index contributed by atoms with van der Waals surface area (Å²) in [4.78, 5) is 13.9. The van der Waals surface area contributed by atoms with Gasteiger partial charge in [0.05, 0.1) is 40.8 Å². The zero-order chi connectivity index (χ0) is 23.1. The maximum absolute atomic E-state index is 9.91. The summed E-state index contributed by atoms with van der Waals surface area (Å²) in [7, 11) is 0. The van der Waals surface area contributed by atoms with Crippen molar-refractivity contribution >= 4 is 22.7 Å². The van der Waals surface area contributed by atoms with Gasteiger partial charge in [0.25, 0.3) is 0 Å². The molecule has 0 unspecified atom stereocenters. The van der Waals surface area contributed by atoms with Gasteiger partial charge in [-0.15, -0.1) is 0 Å². The quantitative estimate of drug-likeness (QED) is 0.419. The molecule has 0 bridgehead atoms. The molecule has 1 aromatic carbocycles. The number of hydrogen-bond acceptors (Lipinski definition) is 6. The highest BCUT2D eigenvalue weighted by Crippen LogP contribution is 2.42. The number of pyridine rings is 2. The highest BCUT2D eigenvalue weighted by atomic mass is 16.3. The van der Waals surface area contributed by atoms with E-state index in [4.69, 9.17) is 4.98 Å². The number of imidazole rings is 1. The van der Waals surface area contributed by atoms with Gasteiger partial charge in [0, 0.05) is 17.8 Å². The van der Waals surface area contributed by atoms with Gasteiger partial charge in [-0.05, 0) is 86.4 Å². The Labute approximate surface area is 198 Å². The monoisotopic (exact) mass is 450 g/mol. The van der Waals surface area contributed by atoms with E-state index in [9.17, 15) is 10.4 Å². The Balaban J connectivity index is 1.37. The van der Waals surface area contributed by atoms with Crippen LogP contribution in [-0.2, 0) is 0 Å². The van der Waals surface area contributed by atoms with Crippen LogP contribution in [0.25, 0.3) is 22.3 Å². The molecular formula is C27H26N6O. The fourth-order valence-electron chi connectivity index (χ4n) is 4.93. The smallest absolute Gasteiger partial charge is 0.132 e. The minimum atomic E-state index is -0.176. The summed E-state index contributed by atoms with van der Waals surface area (Å²) in [6, 6.07) is 16.6. The minimum absolute atomic E-state index is 0.176. The van der Waals surface area contributed by atoms with Crippen LogP contribution in [0.3, 0.4) is 0 Å². The van der Waals surface area contributed by atoms with Crippen LogP contribution in [0.4, 0.5) is 11.6 Å². The Morgan fingerprint density at radius 3 is 2.59 bits per heavy atom. The van der Waals surface area contributed by atoms with Crippen LogP contribution in [0.2, 0.25) is 0 Å². The maximum atomic E-state index is 9.91. The number of aromatic nitrogens is 4. The lowest BCUT2D eigenvalue weighted by molar-refractivity contribution is 0.111. The van der Waals surface area contributed by atoms with E-state index < -0.39 is 0 Å². The van der Waals surface area contributed by atoms with Gasteiger partial charge < -0.3 is 15.0 Å². The number of nitrogens with one attached hydrogen (secondary N) is 1. The third-order valence-electron chi connectivity index (χ3n) is 6.97. The van der Waals surface area contributed by atoms with Crippen molar-refractivity contribution in [3.63, 3.8) is 0 Å². The van der Waals surface area contributed by atoms with Crippen molar-refractivity contribution in [1.29, 1.82) is 5.26 Å². The summed E-state index contributed by atoms with van der Waals surface area (Å²) in [6.07, 6.45) is 9.40. The van der Waals surface area contributed by atoms with E-state index in [0.29, 0.717) is 23.3 Å². The van der Waals surface area contributed by atoms with E-state index in [2.05, 4.69) is 56.3 Å². The van der Waals surface area contributed by atoms with Gasteiger partial charge in [0.2, 0.25) is 0 Å². The lowest BCUT2D eigenvalue weighted by Crippen LogP contribution is -2.20. The highest BCUT2D eigenvalue weighted by molar-refractivity contribution is 5.82. The molecule has 170 valence electrons. The standard InChI is InChI=1S/C27H26N6O/c28-15-17-9-10-29-26(11-17)32-27-14-20(18-1-2-18)12-24(31-27)19-3-8-23-25(13-19)33(16-30-23)21-4-6-22(34)7-5-21/h3,8-14,16,18,21-22,34H,1-2,4-7H2,(H,29,31,32)/t21-,22+. The number of nitriles is 1. The Bertz CT molecular complexity index is 1390. The summed E-state index contributed by atoms with van der Waals surface area (Å²) in [5.74, 6) is 1.92. The average Bonchev–Trinajstić information content (AvgIpc) is 3.64. The molecule has 3 aromatic heterocycles. The second-order valence-electron chi connectivity index (χ2n) is 9.43. The molecule has 0 radical (unpaired) electrons. The molecule has 2 aliphatic rings. The Morgan fingerprint density at radius 1 is 0.941 bits per heavy atom. The van der Waals surface area contributed by atoms with Crippen molar-refractivity contribution in [3.05, 3.63) is 66.1 Å². The number of benzene rings is 1. The van der Waals surface area contributed by atoms with Crippen LogP contribution in [-0.4, -0.2) is 30.7 Å². The zero-order valence-electron chi connectivity index (χ0n) is 18.9. The normalized spacial score (nSPS) is 20.2. The second kappa shape index (κ2) is 8.54. The van der Waals surface area contributed by atoms with Crippen molar-refractivity contribution in [2.24, 2.45) is 0 Å². The molecule has 2 N–H and O–H groups in total. The van der Waals surface area contributed by atoms with Crippen LogP contribution >= 0.6 is 0 Å². The van der Waals surface area contributed by atoms with E-state index in [1.54, 1.807) is 18.3 Å². The predicted molar refractivity (Wildman–Crippen MR) is 131 cm³/mol. The van der Waals surface area contributed by atoms with E-state index in [1.165, 1.54) is 18.4 Å². The van der Waals surface area contributed by atoms with Crippen LogP contribution in [0.1, 0.15) is 61.6 Å². The Hall–Kier alpha value is -3.76. The average molecular weight is 451 g/mol. The highest BCUT2D eigenvalue weighted by Gasteiger charge is 2.25. The molecule has 3 heterocycles. The SMILES string of the molecule is N#Cc1ccnc(Nc2cc(C3CC3)cc(-c3ccc4ncn([C@H]5CC[C@@H](O)CC5)c4c3)n2)c1. The van der Waals surface area contributed by atoms with Gasteiger partial charge in [-0.2, -0.15) is 5.26 Å². The summed E-state index contributed by atoms with van der Waals surface area (Å²) in [5, 5.41) is 22.4. The summed E-state index contributed by atoms with van der Waals surface area (Å²) in [5.41, 5.74) is 5.88. The van der Waals surface area contributed by atoms with Gasteiger partial charge in [0.15, 0.2) is 0 Å². The van der Waals surface area contributed by atoms with Crippen molar-refractivity contribution in [3.8, 4) is 17.3 Å². The molecule has 0 aliphatic heterocycles. The van der Waals surface area contributed by atoms with Gasteiger partial charge in [-0.25, -0.2) is 15.0 Å². The number of aliphatic hydroxyl groups excluding tert-OH is 1. The van der Waals surface area contributed by atoms with E-state index in [-0.39, 0.29) is 6.10 Å². The first-order valence-corrected chi connectivity index (χ1v) is 12.0. The first-order valence-electron chi connectivity index (χ1n) is 12.0. The molecule has 7 heteroatoms. The third kappa shape index (κ3) is 4.13. The lowest BCUT2D eigenvalue weighted by atomic mass is 9.93. The van der Waals surface area contributed by atoms with E-state index in [0.717, 1.165) is 53.8 Å². The number of rotatable bonds is 5. The first kappa shape index (κ1) is 20.8. The fraction of sp³-hybridized carbons (Fsp3) is 0.333. The largest absolute Gasteiger partial charge is 0.393 e. The lowest BCUT2D eigenvalue weighted by Gasteiger charge is -2.27. The number of aliphatic hydroxyl groups is 1. The van der Waals surface area contributed by atoms with Gasteiger partial charge >= 0.3 is 0 Å². The fourth-order valence-corrected chi connectivity index (χ4v) is 4.93. The predicted octanol–water partition coefficient (Wildman–Crippen LogP) is 5.46. The Morgan fingerprint density at radius 2 is 1.79 bits per heavy atom. The summed E-state index contributed by atoms with van der Waals surface area (Å²) >= 11 is 0. The van der Waals surface area contributed by atoms with Crippen LogP contribution in [0.15, 0.2) is 55.0 Å². The molecule has 7 nitrogen and oxygen atoms in total. The third-order valence-corrected chi connectivity index (χ3v) is 6.97. The van der Waals surface area contributed by atoms with E-state index >= 15 is 0 Å². The second-order valence-corrected chi connectivity index (χ2v) is 9.43. The minimum Gasteiger partial charge on any atom is -0.393 e. The van der Waals surface area contributed by atoms with Crippen molar-refractivity contribution in [2.75, 3.05) is 5.32 Å². The zero-order valence-corrected chi connectivity index (χ0v) is 18.9. The molecule has 2 saturated carbocycles. The molecule has 4 aromatic rings. The molecule has 0 amide bonds.